The molecule has 0 saturated heterocycles. The number of carbonyl (C=O) groups is 1. The number of thiazole rings is 2. The molecule has 3 heterocycles. The maximum Gasteiger partial charge on any atom is 0.276 e. The second-order valence-corrected chi connectivity index (χ2v) is 7.90. The van der Waals surface area contributed by atoms with Crippen LogP contribution in [0.4, 0.5) is 5.13 Å². The molecule has 0 saturated carbocycles. The first-order chi connectivity index (χ1) is 10.8. The van der Waals surface area contributed by atoms with Crippen LogP contribution >= 0.6 is 22.7 Å². The number of amides is 1. The van der Waals surface area contributed by atoms with Gasteiger partial charge in [0.2, 0.25) is 0 Å². The van der Waals surface area contributed by atoms with Gasteiger partial charge in [-0.05, 0) is 0 Å². The Labute approximate surface area is 142 Å². The Hall–Kier alpha value is -2.06. The van der Waals surface area contributed by atoms with Gasteiger partial charge in [0.1, 0.15) is 10.7 Å². The standard InChI is InChI=1S/C15H17N5OS2/c1-15(2,3)11-8-23-14(18-11)19-12(21)10-7-22-13(17-10)9-5-16-20(4)6-9/h5-8H,1-4H3,(H,18,19,21). The SMILES string of the molecule is Cn1cc(-c2nc(C(=O)Nc3nc(C(C)(C)C)cs3)cs2)cn1. The molecule has 1 amide bonds. The van der Waals surface area contributed by atoms with Crippen LogP contribution in [0, 0.1) is 0 Å². The molecule has 3 aromatic rings. The molecule has 0 fully saturated rings. The normalized spacial score (nSPS) is 11.7. The van der Waals surface area contributed by atoms with Crippen molar-refractivity contribution in [2.75, 3.05) is 5.32 Å². The van der Waals surface area contributed by atoms with Gasteiger partial charge in [0.15, 0.2) is 5.13 Å². The Bertz CT molecular complexity index is 840. The molecular formula is C15H17N5OS2. The molecule has 23 heavy (non-hydrogen) atoms. The Morgan fingerprint density at radius 3 is 2.61 bits per heavy atom. The van der Waals surface area contributed by atoms with E-state index in [1.165, 1.54) is 22.7 Å². The van der Waals surface area contributed by atoms with Crippen molar-refractivity contribution in [1.82, 2.24) is 19.7 Å². The zero-order chi connectivity index (χ0) is 16.6. The molecule has 3 aromatic heterocycles. The second-order valence-electron chi connectivity index (χ2n) is 6.18. The van der Waals surface area contributed by atoms with E-state index in [1.807, 2.05) is 18.6 Å². The lowest BCUT2D eigenvalue weighted by molar-refractivity contribution is 0.102. The maximum absolute atomic E-state index is 12.3. The summed E-state index contributed by atoms with van der Waals surface area (Å²) < 4.78 is 1.71. The van der Waals surface area contributed by atoms with Crippen molar-refractivity contribution in [2.24, 2.45) is 7.05 Å². The number of aromatic nitrogens is 4. The smallest absolute Gasteiger partial charge is 0.276 e. The van der Waals surface area contributed by atoms with E-state index in [2.05, 4.69) is 41.2 Å². The summed E-state index contributed by atoms with van der Waals surface area (Å²) in [6.45, 7) is 6.27. The lowest BCUT2D eigenvalue weighted by Gasteiger charge is -2.14. The Morgan fingerprint density at radius 2 is 2.00 bits per heavy atom. The third-order valence-electron chi connectivity index (χ3n) is 3.18. The van der Waals surface area contributed by atoms with Crippen molar-refractivity contribution in [1.29, 1.82) is 0 Å². The van der Waals surface area contributed by atoms with Crippen molar-refractivity contribution in [2.45, 2.75) is 26.2 Å². The van der Waals surface area contributed by atoms with Gasteiger partial charge in [0.25, 0.3) is 5.91 Å². The van der Waals surface area contributed by atoms with Crippen LogP contribution < -0.4 is 5.32 Å². The van der Waals surface area contributed by atoms with Gasteiger partial charge in [-0.3, -0.25) is 14.8 Å². The van der Waals surface area contributed by atoms with E-state index in [9.17, 15) is 4.79 Å². The van der Waals surface area contributed by atoms with Crippen molar-refractivity contribution >= 4 is 33.7 Å². The minimum Gasteiger partial charge on any atom is -0.296 e. The molecule has 0 aliphatic rings. The summed E-state index contributed by atoms with van der Waals surface area (Å²) in [7, 11) is 1.85. The average Bonchev–Trinajstić information content (AvgIpc) is 3.15. The van der Waals surface area contributed by atoms with E-state index in [4.69, 9.17) is 0 Å². The van der Waals surface area contributed by atoms with Crippen molar-refractivity contribution < 1.29 is 4.79 Å². The minimum absolute atomic E-state index is 0.0341. The summed E-state index contributed by atoms with van der Waals surface area (Å²) in [5.74, 6) is -0.244. The molecule has 1 N–H and O–H groups in total. The topological polar surface area (TPSA) is 72.7 Å². The fourth-order valence-corrected chi connectivity index (χ4v) is 3.59. The quantitative estimate of drug-likeness (QED) is 0.786. The van der Waals surface area contributed by atoms with E-state index >= 15 is 0 Å². The largest absolute Gasteiger partial charge is 0.296 e. The molecule has 0 spiro atoms. The van der Waals surface area contributed by atoms with Gasteiger partial charge in [-0.25, -0.2) is 9.97 Å². The molecule has 3 rings (SSSR count). The summed E-state index contributed by atoms with van der Waals surface area (Å²) in [4.78, 5) is 21.1. The summed E-state index contributed by atoms with van der Waals surface area (Å²) in [5.41, 5.74) is 2.22. The van der Waals surface area contributed by atoms with E-state index in [1.54, 1.807) is 16.3 Å². The van der Waals surface area contributed by atoms with Crippen LogP contribution in [0.3, 0.4) is 0 Å². The van der Waals surface area contributed by atoms with E-state index in [0.717, 1.165) is 16.3 Å². The van der Waals surface area contributed by atoms with Crippen LogP contribution in [0.25, 0.3) is 10.6 Å². The first kappa shape index (κ1) is 15.8. The molecule has 0 aliphatic carbocycles. The van der Waals surface area contributed by atoms with Gasteiger partial charge in [-0.15, -0.1) is 22.7 Å². The highest BCUT2D eigenvalue weighted by Gasteiger charge is 2.19. The van der Waals surface area contributed by atoms with Gasteiger partial charge in [0, 0.05) is 35.0 Å². The van der Waals surface area contributed by atoms with Gasteiger partial charge in [-0.2, -0.15) is 5.10 Å². The molecule has 8 heteroatoms. The van der Waals surface area contributed by atoms with Gasteiger partial charge in [-0.1, -0.05) is 20.8 Å². The van der Waals surface area contributed by atoms with E-state index < -0.39 is 0 Å². The number of aryl methyl sites for hydroxylation is 1. The van der Waals surface area contributed by atoms with E-state index in [0.29, 0.717) is 10.8 Å². The second kappa shape index (κ2) is 5.86. The van der Waals surface area contributed by atoms with Crippen molar-refractivity contribution in [3.63, 3.8) is 0 Å². The van der Waals surface area contributed by atoms with Crippen LogP contribution in [-0.4, -0.2) is 25.7 Å². The summed E-state index contributed by atoms with van der Waals surface area (Å²) in [5, 5.41) is 12.0. The number of rotatable bonds is 3. The number of carbonyl (C=O) groups excluding carboxylic acids is 1. The first-order valence-corrected chi connectivity index (χ1v) is 8.81. The maximum atomic E-state index is 12.3. The number of hydrogen-bond acceptors (Lipinski definition) is 6. The van der Waals surface area contributed by atoms with Gasteiger partial charge < -0.3 is 0 Å². The molecule has 0 aliphatic heterocycles. The molecule has 120 valence electrons. The van der Waals surface area contributed by atoms with Crippen LogP contribution in [-0.2, 0) is 12.5 Å². The van der Waals surface area contributed by atoms with Gasteiger partial charge >= 0.3 is 0 Å². The molecule has 0 atom stereocenters. The first-order valence-electron chi connectivity index (χ1n) is 7.05. The molecule has 0 aromatic carbocycles. The average molecular weight is 347 g/mol. The van der Waals surface area contributed by atoms with Crippen molar-refractivity contribution in [3.05, 3.63) is 34.5 Å². The lowest BCUT2D eigenvalue weighted by atomic mass is 9.93. The molecule has 0 bridgehead atoms. The number of hydrogen-bond donors (Lipinski definition) is 1. The predicted molar refractivity (Wildman–Crippen MR) is 93.1 cm³/mol. The Morgan fingerprint density at radius 1 is 1.22 bits per heavy atom. The Balaban J connectivity index is 1.74. The van der Waals surface area contributed by atoms with E-state index in [-0.39, 0.29) is 11.3 Å². The number of nitrogens with zero attached hydrogens (tertiary/aromatic N) is 4. The zero-order valence-electron chi connectivity index (χ0n) is 13.3. The fraction of sp³-hybridized carbons (Fsp3) is 0.333. The Kier molecular flexibility index (Phi) is 4.03. The third-order valence-corrected chi connectivity index (χ3v) is 4.83. The lowest BCUT2D eigenvalue weighted by Crippen LogP contribution is -2.14. The van der Waals surface area contributed by atoms with Crippen molar-refractivity contribution in [3.8, 4) is 10.6 Å². The van der Waals surface area contributed by atoms with Gasteiger partial charge in [0.05, 0.1) is 11.9 Å². The fourth-order valence-electron chi connectivity index (χ4n) is 1.88. The number of nitrogens with one attached hydrogen (secondary N) is 1. The zero-order valence-corrected chi connectivity index (χ0v) is 15.0. The highest BCUT2D eigenvalue weighted by Crippen LogP contribution is 2.27. The van der Waals surface area contributed by atoms with Crippen LogP contribution in [0.2, 0.25) is 0 Å². The minimum atomic E-state index is -0.244. The summed E-state index contributed by atoms with van der Waals surface area (Å²) in [6.07, 6.45) is 3.61. The molecule has 0 radical (unpaired) electrons. The molecular weight excluding hydrogens is 330 g/mol. The summed E-state index contributed by atoms with van der Waals surface area (Å²) in [6, 6.07) is 0. The van der Waals surface area contributed by atoms with Crippen LogP contribution in [0.1, 0.15) is 37.0 Å². The molecule has 0 unspecified atom stereocenters. The summed E-state index contributed by atoms with van der Waals surface area (Å²) >= 11 is 2.85. The van der Waals surface area contributed by atoms with Crippen LogP contribution in [0.5, 0.6) is 0 Å². The molecule has 6 nitrogen and oxygen atoms in total. The van der Waals surface area contributed by atoms with Crippen LogP contribution in [0.15, 0.2) is 23.2 Å². The predicted octanol–water partition coefficient (Wildman–Crippen LogP) is 3.55. The monoisotopic (exact) mass is 347 g/mol. The highest BCUT2D eigenvalue weighted by molar-refractivity contribution is 7.14. The highest BCUT2D eigenvalue weighted by atomic mass is 32.1. The number of anilines is 1. The third kappa shape index (κ3) is 3.48.